The lowest BCUT2D eigenvalue weighted by atomic mass is 10.1. The maximum atomic E-state index is 4.53. The molecule has 0 atom stereocenters. The standard InChI is InChI=1S/C12H14BrN3.C2H6/c13-10-1-2-12-9(7-10)8-15-16(12)11-3-5-14-6-4-11;1-2/h1-2,7-8,11,14H,3-6H2;1-2H3. The molecule has 4 heteroatoms. The number of hydrogen-bond donors (Lipinski definition) is 1. The molecular weight excluding hydrogens is 290 g/mol. The first-order valence-corrected chi connectivity index (χ1v) is 7.47. The average molecular weight is 310 g/mol. The molecule has 0 aliphatic carbocycles. The van der Waals surface area contributed by atoms with Crippen molar-refractivity contribution in [2.75, 3.05) is 13.1 Å². The zero-order valence-electron chi connectivity index (χ0n) is 11.0. The maximum Gasteiger partial charge on any atom is 0.0686 e. The molecule has 3 nitrogen and oxygen atoms in total. The summed E-state index contributed by atoms with van der Waals surface area (Å²) in [5.41, 5.74) is 1.25. The van der Waals surface area contributed by atoms with Crippen LogP contribution in [-0.4, -0.2) is 22.9 Å². The fourth-order valence-corrected chi connectivity index (χ4v) is 2.75. The van der Waals surface area contributed by atoms with Crippen molar-refractivity contribution in [2.24, 2.45) is 0 Å². The van der Waals surface area contributed by atoms with E-state index in [2.05, 4.69) is 49.2 Å². The van der Waals surface area contributed by atoms with E-state index in [9.17, 15) is 0 Å². The van der Waals surface area contributed by atoms with Gasteiger partial charge in [-0.1, -0.05) is 29.8 Å². The molecule has 18 heavy (non-hydrogen) atoms. The van der Waals surface area contributed by atoms with E-state index in [1.54, 1.807) is 0 Å². The van der Waals surface area contributed by atoms with Crippen LogP contribution in [-0.2, 0) is 0 Å². The van der Waals surface area contributed by atoms with Gasteiger partial charge in [0.05, 0.1) is 17.8 Å². The highest BCUT2D eigenvalue weighted by Crippen LogP contribution is 2.25. The Hall–Kier alpha value is -0.870. The van der Waals surface area contributed by atoms with Crippen LogP contribution in [0.5, 0.6) is 0 Å². The molecule has 1 aliphatic heterocycles. The lowest BCUT2D eigenvalue weighted by molar-refractivity contribution is 0.351. The van der Waals surface area contributed by atoms with Gasteiger partial charge < -0.3 is 5.32 Å². The van der Waals surface area contributed by atoms with E-state index in [4.69, 9.17) is 0 Å². The second-order valence-corrected chi connectivity index (χ2v) is 5.19. The molecule has 0 amide bonds. The normalized spacial score (nSPS) is 16.4. The Labute approximate surface area is 117 Å². The highest BCUT2D eigenvalue weighted by Gasteiger charge is 2.17. The molecule has 0 bridgehead atoms. The predicted molar refractivity (Wildman–Crippen MR) is 79.9 cm³/mol. The number of nitrogens with one attached hydrogen (secondary N) is 1. The molecule has 2 aromatic rings. The van der Waals surface area contributed by atoms with Crippen LogP contribution in [0.3, 0.4) is 0 Å². The van der Waals surface area contributed by atoms with Gasteiger partial charge in [0, 0.05) is 9.86 Å². The first-order chi connectivity index (χ1) is 8.84. The molecule has 0 saturated carbocycles. The fourth-order valence-electron chi connectivity index (χ4n) is 2.37. The summed E-state index contributed by atoms with van der Waals surface area (Å²) in [5.74, 6) is 0. The molecule has 1 aromatic carbocycles. The SMILES string of the molecule is Brc1ccc2c(cnn2C2CCNCC2)c1.CC. The van der Waals surface area contributed by atoms with E-state index in [0.29, 0.717) is 6.04 Å². The average Bonchev–Trinajstić information content (AvgIpc) is 2.85. The van der Waals surface area contributed by atoms with Crippen LogP contribution in [0.15, 0.2) is 28.9 Å². The molecule has 0 unspecified atom stereocenters. The van der Waals surface area contributed by atoms with Crippen LogP contribution >= 0.6 is 15.9 Å². The summed E-state index contributed by atoms with van der Waals surface area (Å²) in [5, 5.41) is 9.13. The highest BCUT2D eigenvalue weighted by atomic mass is 79.9. The Morgan fingerprint density at radius 2 is 2.00 bits per heavy atom. The summed E-state index contributed by atoms with van der Waals surface area (Å²) >= 11 is 3.49. The summed E-state index contributed by atoms with van der Waals surface area (Å²) < 4.78 is 3.30. The smallest absolute Gasteiger partial charge is 0.0686 e. The molecule has 1 aromatic heterocycles. The topological polar surface area (TPSA) is 29.9 Å². The zero-order chi connectivity index (χ0) is 13.0. The van der Waals surface area contributed by atoms with Gasteiger partial charge in [-0.3, -0.25) is 4.68 Å². The second kappa shape index (κ2) is 6.34. The molecule has 0 spiro atoms. The minimum absolute atomic E-state index is 0.555. The molecule has 98 valence electrons. The van der Waals surface area contributed by atoms with Crippen molar-refractivity contribution in [1.29, 1.82) is 0 Å². The van der Waals surface area contributed by atoms with Crippen LogP contribution in [0.2, 0.25) is 0 Å². The number of hydrogen-bond acceptors (Lipinski definition) is 2. The maximum absolute atomic E-state index is 4.53. The Balaban J connectivity index is 0.000000574. The second-order valence-electron chi connectivity index (χ2n) is 4.27. The number of fused-ring (bicyclic) bond motifs is 1. The summed E-state index contributed by atoms with van der Waals surface area (Å²) in [6.07, 6.45) is 4.31. The summed E-state index contributed by atoms with van der Waals surface area (Å²) in [6.45, 7) is 6.20. The van der Waals surface area contributed by atoms with Gasteiger partial charge in [0.2, 0.25) is 0 Å². The van der Waals surface area contributed by atoms with E-state index >= 15 is 0 Å². The lowest BCUT2D eigenvalue weighted by Crippen LogP contribution is -2.29. The number of benzene rings is 1. The Morgan fingerprint density at radius 3 is 2.72 bits per heavy atom. The van der Waals surface area contributed by atoms with Gasteiger partial charge in [-0.05, 0) is 44.1 Å². The molecule has 1 saturated heterocycles. The third-order valence-corrected chi connectivity index (χ3v) is 3.71. The fraction of sp³-hybridized carbons (Fsp3) is 0.500. The Bertz CT molecular complexity index is 501. The van der Waals surface area contributed by atoms with Gasteiger partial charge in [-0.2, -0.15) is 5.10 Å². The van der Waals surface area contributed by atoms with Gasteiger partial charge in [0.1, 0.15) is 0 Å². The molecule has 1 N–H and O–H groups in total. The molecule has 3 rings (SSSR count). The molecule has 2 heterocycles. The van der Waals surface area contributed by atoms with E-state index < -0.39 is 0 Å². The van der Waals surface area contributed by atoms with Crippen molar-refractivity contribution >= 4 is 26.8 Å². The van der Waals surface area contributed by atoms with Crippen LogP contribution < -0.4 is 5.32 Å². The molecule has 1 aliphatic rings. The summed E-state index contributed by atoms with van der Waals surface area (Å²) in [6, 6.07) is 6.91. The number of halogens is 1. The van der Waals surface area contributed by atoms with E-state index in [1.807, 2.05) is 20.0 Å². The van der Waals surface area contributed by atoms with Crippen LogP contribution in [0, 0.1) is 0 Å². The van der Waals surface area contributed by atoms with E-state index in [-0.39, 0.29) is 0 Å². The molecular formula is C14H20BrN3. The number of rotatable bonds is 1. The zero-order valence-corrected chi connectivity index (χ0v) is 12.6. The number of aromatic nitrogens is 2. The van der Waals surface area contributed by atoms with Gasteiger partial charge in [-0.15, -0.1) is 0 Å². The minimum Gasteiger partial charge on any atom is -0.317 e. The van der Waals surface area contributed by atoms with Gasteiger partial charge in [0.25, 0.3) is 0 Å². The van der Waals surface area contributed by atoms with Crippen molar-refractivity contribution in [2.45, 2.75) is 32.7 Å². The summed E-state index contributed by atoms with van der Waals surface area (Å²) in [7, 11) is 0. The molecule has 0 radical (unpaired) electrons. The van der Waals surface area contributed by atoms with E-state index in [1.165, 1.54) is 23.7 Å². The van der Waals surface area contributed by atoms with Crippen molar-refractivity contribution in [3.63, 3.8) is 0 Å². The first kappa shape index (κ1) is 13.6. The monoisotopic (exact) mass is 309 g/mol. The van der Waals surface area contributed by atoms with Crippen LogP contribution in [0.4, 0.5) is 0 Å². The first-order valence-electron chi connectivity index (χ1n) is 6.68. The van der Waals surface area contributed by atoms with Gasteiger partial charge in [-0.25, -0.2) is 0 Å². The molecule has 1 fully saturated rings. The Kier molecular flexibility index (Phi) is 4.78. The van der Waals surface area contributed by atoms with Crippen LogP contribution in [0.25, 0.3) is 10.9 Å². The van der Waals surface area contributed by atoms with Crippen molar-refractivity contribution < 1.29 is 0 Å². The largest absolute Gasteiger partial charge is 0.317 e. The van der Waals surface area contributed by atoms with Crippen molar-refractivity contribution in [3.05, 3.63) is 28.9 Å². The minimum atomic E-state index is 0.555. The third kappa shape index (κ3) is 2.75. The van der Waals surface area contributed by atoms with Crippen molar-refractivity contribution in [3.8, 4) is 0 Å². The highest BCUT2D eigenvalue weighted by molar-refractivity contribution is 9.10. The van der Waals surface area contributed by atoms with Crippen molar-refractivity contribution in [1.82, 2.24) is 15.1 Å². The predicted octanol–water partition coefficient (Wildman–Crippen LogP) is 3.75. The van der Waals surface area contributed by atoms with E-state index in [0.717, 1.165) is 17.6 Å². The van der Waals surface area contributed by atoms with Crippen LogP contribution in [0.1, 0.15) is 32.7 Å². The lowest BCUT2D eigenvalue weighted by Gasteiger charge is -2.23. The van der Waals surface area contributed by atoms with Gasteiger partial charge in [0.15, 0.2) is 0 Å². The quantitative estimate of drug-likeness (QED) is 0.869. The summed E-state index contributed by atoms with van der Waals surface area (Å²) in [4.78, 5) is 0. The third-order valence-electron chi connectivity index (χ3n) is 3.21. The van der Waals surface area contributed by atoms with Gasteiger partial charge >= 0.3 is 0 Å². The number of nitrogens with zero attached hydrogens (tertiary/aromatic N) is 2. The Morgan fingerprint density at radius 1 is 1.28 bits per heavy atom. The number of piperidine rings is 1.